The van der Waals surface area contributed by atoms with E-state index in [4.69, 9.17) is 11.6 Å². The van der Waals surface area contributed by atoms with E-state index in [0.717, 1.165) is 32.7 Å². The summed E-state index contributed by atoms with van der Waals surface area (Å²) in [5.41, 5.74) is 2.73. The molecule has 0 aromatic heterocycles. The molecule has 4 aromatic rings. The van der Waals surface area contributed by atoms with Crippen molar-refractivity contribution in [2.75, 3.05) is 17.4 Å². The van der Waals surface area contributed by atoms with Crippen LogP contribution in [0.1, 0.15) is 36.5 Å². The zero-order valence-electron chi connectivity index (χ0n) is 25.3. The molecule has 0 bridgehead atoms. The molecule has 2 amide bonds. The molecule has 0 saturated heterocycles. The van der Waals surface area contributed by atoms with Crippen LogP contribution in [0.5, 0.6) is 0 Å². The third kappa shape index (κ3) is 9.19. The molecule has 0 aliphatic heterocycles. The van der Waals surface area contributed by atoms with Gasteiger partial charge in [0.15, 0.2) is 0 Å². The van der Waals surface area contributed by atoms with Crippen molar-refractivity contribution in [3.63, 3.8) is 0 Å². The fourth-order valence-corrected chi connectivity index (χ4v) is 6.72. The first kappa shape index (κ1) is 34.2. The number of aryl methyl sites for hydroxylation is 1. The second kappa shape index (κ2) is 16.1. The molecular formula is C35H37BrClN3O4S. The van der Waals surface area contributed by atoms with E-state index < -0.39 is 28.5 Å². The molecule has 45 heavy (non-hydrogen) atoms. The largest absolute Gasteiger partial charge is 0.354 e. The first-order chi connectivity index (χ1) is 21.6. The summed E-state index contributed by atoms with van der Waals surface area (Å²) in [6, 6.07) is 28.9. The molecule has 7 nitrogen and oxygen atoms in total. The van der Waals surface area contributed by atoms with E-state index in [1.54, 1.807) is 54.6 Å². The number of benzene rings is 4. The number of hydrogen-bond acceptors (Lipinski definition) is 4. The van der Waals surface area contributed by atoms with Gasteiger partial charge in [0.25, 0.3) is 10.0 Å². The number of nitrogens with one attached hydrogen (secondary N) is 1. The lowest BCUT2D eigenvalue weighted by atomic mass is 10.0. The number of nitrogens with zero attached hydrogens (tertiary/aromatic N) is 2. The van der Waals surface area contributed by atoms with E-state index in [1.807, 2.05) is 50.2 Å². The SMILES string of the molecule is CCCCNC(=O)[C@H](Cc1ccccc1)N(Cc1ccccc1Cl)C(=O)CN(c1ccc(Br)cc1)S(=O)(=O)c1ccc(C)cc1. The summed E-state index contributed by atoms with van der Waals surface area (Å²) >= 11 is 9.96. The summed E-state index contributed by atoms with van der Waals surface area (Å²) in [5.74, 6) is -0.857. The average molecular weight is 711 g/mol. The number of halogens is 2. The van der Waals surface area contributed by atoms with E-state index in [2.05, 4.69) is 21.2 Å². The van der Waals surface area contributed by atoms with Crippen LogP contribution in [0.25, 0.3) is 0 Å². The number of amides is 2. The van der Waals surface area contributed by atoms with Gasteiger partial charge in [0.05, 0.1) is 10.6 Å². The van der Waals surface area contributed by atoms with E-state index in [1.165, 1.54) is 17.0 Å². The number of anilines is 1. The predicted molar refractivity (Wildman–Crippen MR) is 184 cm³/mol. The third-order valence-electron chi connectivity index (χ3n) is 7.40. The topological polar surface area (TPSA) is 86.8 Å². The Labute approximate surface area is 279 Å². The first-order valence-electron chi connectivity index (χ1n) is 14.8. The number of sulfonamides is 1. The second-order valence-electron chi connectivity index (χ2n) is 10.8. The van der Waals surface area contributed by atoms with Gasteiger partial charge in [0, 0.05) is 29.0 Å². The van der Waals surface area contributed by atoms with Gasteiger partial charge in [0.2, 0.25) is 11.8 Å². The highest BCUT2D eigenvalue weighted by atomic mass is 79.9. The van der Waals surface area contributed by atoms with Crippen molar-refractivity contribution in [3.8, 4) is 0 Å². The van der Waals surface area contributed by atoms with Crippen molar-refractivity contribution < 1.29 is 18.0 Å². The fourth-order valence-electron chi connectivity index (χ4n) is 4.84. The van der Waals surface area contributed by atoms with E-state index in [9.17, 15) is 18.0 Å². The number of hydrogen-bond donors (Lipinski definition) is 1. The number of carbonyl (C=O) groups is 2. The van der Waals surface area contributed by atoms with Crippen LogP contribution < -0.4 is 9.62 Å². The van der Waals surface area contributed by atoms with E-state index in [0.29, 0.717) is 22.8 Å². The van der Waals surface area contributed by atoms with Crippen molar-refractivity contribution in [1.82, 2.24) is 10.2 Å². The van der Waals surface area contributed by atoms with E-state index >= 15 is 0 Å². The number of rotatable bonds is 14. The monoisotopic (exact) mass is 709 g/mol. The van der Waals surface area contributed by atoms with Crippen LogP contribution in [-0.2, 0) is 32.6 Å². The van der Waals surface area contributed by atoms with Crippen LogP contribution in [0.3, 0.4) is 0 Å². The van der Waals surface area contributed by atoms with Crippen molar-refractivity contribution >= 4 is 55.1 Å². The molecule has 1 atom stereocenters. The molecule has 4 rings (SSSR count). The first-order valence-corrected chi connectivity index (χ1v) is 17.4. The van der Waals surface area contributed by atoms with Gasteiger partial charge >= 0.3 is 0 Å². The summed E-state index contributed by atoms with van der Waals surface area (Å²) in [5, 5.41) is 3.43. The van der Waals surface area contributed by atoms with Gasteiger partial charge in [-0.15, -0.1) is 0 Å². The molecule has 0 saturated carbocycles. The van der Waals surface area contributed by atoms with Gasteiger partial charge in [0.1, 0.15) is 12.6 Å². The fraction of sp³-hybridized carbons (Fsp3) is 0.257. The molecular weight excluding hydrogens is 674 g/mol. The third-order valence-corrected chi connectivity index (χ3v) is 10.1. The molecule has 0 aliphatic carbocycles. The van der Waals surface area contributed by atoms with Crippen LogP contribution in [0.4, 0.5) is 5.69 Å². The molecule has 0 fully saturated rings. The minimum absolute atomic E-state index is 0.00988. The highest BCUT2D eigenvalue weighted by molar-refractivity contribution is 9.10. The maximum atomic E-state index is 14.5. The lowest BCUT2D eigenvalue weighted by molar-refractivity contribution is -0.140. The summed E-state index contributed by atoms with van der Waals surface area (Å²) in [6.07, 6.45) is 1.91. The Hall–Kier alpha value is -3.66. The van der Waals surface area contributed by atoms with Gasteiger partial charge < -0.3 is 10.2 Å². The maximum Gasteiger partial charge on any atom is 0.264 e. The Bertz CT molecular complexity index is 1680. The molecule has 0 radical (unpaired) electrons. The van der Waals surface area contributed by atoms with Gasteiger partial charge in [-0.3, -0.25) is 13.9 Å². The van der Waals surface area contributed by atoms with Crippen LogP contribution in [0.2, 0.25) is 5.02 Å². The number of unbranched alkanes of at least 4 members (excludes halogenated alkanes) is 1. The van der Waals surface area contributed by atoms with Crippen molar-refractivity contribution in [1.29, 1.82) is 0 Å². The minimum Gasteiger partial charge on any atom is -0.354 e. The highest BCUT2D eigenvalue weighted by Crippen LogP contribution is 2.27. The van der Waals surface area contributed by atoms with Crippen LogP contribution in [0.15, 0.2) is 112 Å². The maximum absolute atomic E-state index is 14.5. The molecule has 0 aliphatic rings. The van der Waals surface area contributed by atoms with Crippen molar-refractivity contribution in [3.05, 3.63) is 129 Å². The summed E-state index contributed by atoms with van der Waals surface area (Å²) in [7, 11) is -4.17. The van der Waals surface area contributed by atoms with E-state index in [-0.39, 0.29) is 23.8 Å². The normalized spacial score (nSPS) is 11.9. The molecule has 10 heteroatoms. The molecule has 4 aromatic carbocycles. The second-order valence-corrected chi connectivity index (χ2v) is 13.9. The zero-order chi connectivity index (χ0) is 32.4. The number of carbonyl (C=O) groups excluding carboxylic acids is 2. The Morgan fingerprint density at radius 3 is 2.18 bits per heavy atom. The van der Waals surface area contributed by atoms with Gasteiger partial charge in [-0.2, -0.15) is 0 Å². The standard InChI is InChI=1S/C35H37BrClN3O4S/c1-3-4-22-38-35(42)33(23-27-10-6-5-7-11-27)39(24-28-12-8-9-13-32(28)37)34(41)25-40(30-18-16-29(36)17-19-30)45(43,44)31-20-14-26(2)15-21-31/h5-21,33H,3-4,22-25H2,1-2H3,(H,38,42)/t33-/m0/s1. The lowest BCUT2D eigenvalue weighted by Crippen LogP contribution is -2.53. The molecule has 0 spiro atoms. The molecule has 0 unspecified atom stereocenters. The Balaban J connectivity index is 1.79. The van der Waals surface area contributed by atoms with Crippen molar-refractivity contribution in [2.45, 2.75) is 50.6 Å². The minimum atomic E-state index is -4.17. The smallest absolute Gasteiger partial charge is 0.264 e. The summed E-state index contributed by atoms with van der Waals surface area (Å²) in [6.45, 7) is 3.84. The molecule has 1 N–H and O–H groups in total. The van der Waals surface area contributed by atoms with Crippen LogP contribution >= 0.6 is 27.5 Å². The van der Waals surface area contributed by atoms with Crippen LogP contribution in [-0.4, -0.2) is 44.3 Å². The van der Waals surface area contributed by atoms with Crippen molar-refractivity contribution in [2.24, 2.45) is 0 Å². The Kier molecular flexibility index (Phi) is 12.2. The predicted octanol–water partition coefficient (Wildman–Crippen LogP) is 7.16. The Morgan fingerprint density at radius 2 is 1.53 bits per heavy atom. The highest BCUT2D eigenvalue weighted by Gasteiger charge is 2.34. The molecule has 0 heterocycles. The van der Waals surface area contributed by atoms with Crippen LogP contribution in [0, 0.1) is 6.92 Å². The Morgan fingerprint density at radius 1 is 0.889 bits per heavy atom. The quantitative estimate of drug-likeness (QED) is 0.141. The van der Waals surface area contributed by atoms with Gasteiger partial charge in [-0.25, -0.2) is 8.42 Å². The summed E-state index contributed by atoms with van der Waals surface area (Å²) in [4.78, 5) is 29.8. The average Bonchev–Trinajstić information content (AvgIpc) is 3.03. The summed E-state index contributed by atoms with van der Waals surface area (Å²) < 4.78 is 30.1. The van der Waals surface area contributed by atoms with Gasteiger partial charge in [-0.05, 0) is 66.9 Å². The zero-order valence-corrected chi connectivity index (χ0v) is 28.5. The molecule has 236 valence electrons. The lowest BCUT2D eigenvalue weighted by Gasteiger charge is -2.34. The van der Waals surface area contributed by atoms with Gasteiger partial charge in [-0.1, -0.05) is 107 Å².